The average molecular weight is 278 g/mol. The number of amides is 1. The average Bonchev–Trinajstić information content (AvgIpc) is 2.40. The number of aromatic nitrogens is 1. The number of methoxy groups -OCH3 is 1. The molecule has 1 aliphatic rings. The van der Waals surface area contributed by atoms with E-state index in [-0.39, 0.29) is 23.8 Å². The van der Waals surface area contributed by atoms with Crippen LogP contribution < -0.4 is 10.3 Å². The highest BCUT2D eigenvalue weighted by Gasteiger charge is 2.16. The fourth-order valence-corrected chi connectivity index (χ4v) is 2.54. The first-order valence-corrected chi connectivity index (χ1v) is 7.23. The Balaban J connectivity index is 2.05. The van der Waals surface area contributed by atoms with Crippen LogP contribution in [0, 0.1) is 0 Å². The Morgan fingerprint density at radius 1 is 1.20 bits per heavy atom. The van der Waals surface area contributed by atoms with Crippen molar-refractivity contribution in [2.45, 2.75) is 38.6 Å². The molecular formula is C15H22N2O3. The predicted octanol–water partition coefficient (Wildman–Crippen LogP) is 1.65. The van der Waals surface area contributed by atoms with Crippen LogP contribution >= 0.6 is 0 Å². The number of ether oxygens (including phenoxy) is 1. The number of pyridine rings is 1. The molecule has 0 aromatic carbocycles. The summed E-state index contributed by atoms with van der Waals surface area (Å²) in [4.78, 5) is 26.2. The van der Waals surface area contributed by atoms with E-state index in [9.17, 15) is 9.59 Å². The van der Waals surface area contributed by atoms with Gasteiger partial charge in [-0.05, 0) is 25.0 Å². The van der Waals surface area contributed by atoms with Crippen molar-refractivity contribution in [1.29, 1.82) is 0 Å². The highest BCUT2D eigenvalue weighted by atomic mass is 16.5. The molecule has 0 N–H and O–H groups in total. The largest absolute Gasteiger partial charge is 0.491 e. The lowest BCUT2D eigenvalue weighted by atomic mass is 10.1. The van der Waals surface area contributed by atoms with Gasteiger partial charge in [0.15, 0.2) is 5.75 Å². The van der Waals surface area contributed by atoms with Crippen LogP contribution in [0.3, 0.4) is 0 Å². The maximum absolute atomic E-state index is 12.3. The lowest BCUT2D eigenvalue weighted by Gasteiger charge is -2.25. The Kier molecular flexibility index (Phi) is 5.21. The molecule has 1 amide bonds. The molecule has 0 radical (unpaired) electrons. The zero-order valence-corrected chi connectivity index (χ0v) is 12.0. The summed E-state index contributed by atoms with van der Waals surface area (Å²) in [5.41, 5.74) is -0.254. The van der Waals surface area contributed by atoms with Crippen LogP contribution in [0.2, 0.25) is 0 Å². The minimum atomic E-state index is -0.254. The number of hydrogen-bond acceptors (Lipinski definition) is 3. The molecule has 0 spiro atoms. The minimum absolute atomic E-state index is 0.0160. The van der Waals surface area contributed by atoms with Crippen molar-refractivity contribution >= 4 is 5.91 Å². The van der Waals surface area contributed by atoms with Gasteiger partial charge in [-0.25, -0.2) is 0 Å². The van der Waals surface area contributed by atoms with E-state index in [2.05, 4.69) is 0 Å². The second kappa shape index (κ2) is 7.12. The molecule has 0 saturated carbocycles. The second-order valence-corrected chi connectivity index (χ2v) is 5.16. The summed E-state index contributed by atoms with van der Waals surface area (Å²) in [6.45, 7) is 1.70. The number of rotatable bonds is 3. The molecule has 1 fully saturated rings. The van der Waals surface area contributed by atoms with E-state index in [1.807, 2.05) is 4.90 Å². The highest BCUT2D eigenvalue weighted by molar-refractivity contribution is 5.76. The Morgan fingerprint density at radius 3 is 2.50 bits per heavy atom. The van der Waals surface area contributed by atoms with Crippen LogP contribution in [0.25, 0.3) is 0 Å². The molecule has 2 heterocycles. The third kappa shape index (κ3) is 3.62. The molecule has 0 aliphatic carbocycles. The summed E-state index contributed by atoms with van der Waals surface area (Å²) in [7, 11) is 1.46. The molecule has 5 nitrogen and oxygen atoms in total. The van der Waals surface area contributed by atoms with E-state index in [1.54, 1.807) is 18.3 Å². The van der Waals surface area contributed by atoms with Crippen LogP contribution in [-0.4, -0.2) is 35.6 Å². The first-order chi connectivity index (χ1) is 9.72. The number of hydrogen-bond donors (Lipinski definition) is 0. The molecule has 110 valence electrons. The lowest BCUT2D eigenvalue weighted by molar-refractivity contribution is -0.132. The zero-order valence-electron chi connectivity index (χ0n) is 12.0. The Hall–Kier alpha value is -1.78. The zero-order chi connectivity index (χ0) is 14.4. The molecule has 1 aromatic heterocycles. The lowest BCUT2D eigenvalue weighted by Crippen LogP contribution is -2.38. The summed E-state index contributed by atoms with van der Waals surface area (Å²) < 4.78 is 6.41. The number of likely N-dealkylation sites (tertiary alicyclic amines) is 1. The van der Waals surface area contributed by atoms with E-state index >= 15 is 0 Å². The van der Waals surface area contributed by atoms with Crippen molar-refractivity contribution in [3.8, 4) is 5.75 Å². The molecule has 20 heavy (non-hydrogen) atoms. The van der Waals surface area contributed by atoms with Gasteiger partial charge < -0.3 is 14.2 Å². The summed E-state index contributed by atoms with van der Waals surface area (Å²) in [5, 5.41) is 0. The van der Waals surface area contributed by atoms with Gasteiger partial charge in [0.1, 0.15) is 6.54 Å². The fourth-order valence-electron chi connectivity index (χ4n) is 2.54. The van der Waals surface area contributed by atoms with Crippen molar-refractivity contribution in [3.63, 3.8) is 0 Å². The van der Waals surface area contributed by atoms with Gasteiger partial charge in [-0.1, -0.05) is 19.3 Å². The van der Waals surface area contributed by atoms with Crippen molar-refractivity contribution in [1.82, 2.24) is 9.47 Å². The van der Waals surface area contributed by atoms with E-state index in [1.165, 1.54) is 30.9 Å². The molecule has 5 heteroatoms. The van der Waals surface area contributed by atoms with Crippen molar-refractivity contribution < 1.29 is 9.53 Å². The first kappa shape index (κ1) is 14.6. The predicted molar refractivity (Wildman–Crippen MR) is 76.9 cm³/mol. The van der Waals surface area contributed by atoms with E-state index in [0.717, 1.165) is 25.9 Å². The molecule has 0 atom stereocenters. The summed E-state index contributed by atoms with van der Waals surface area (Å²) >= 11 is 0. The SMILES string of the molecule is COc1cccn(CC(=O)N2CCCCCCC2)c1=O. The van der Waals surface area contributed by atoms with Crippen molar-refractivity contribution in [2.75, 3.05) is 20.2 Å². The summed E-state index contributed by atoms with van der Waals surface area (Å²) in [5.74, 6) is 0.287. The monoisotopic (exact) mass is 278 g/mol. The first-order valence-electron chi connectivity index (χ1n) is 7.23. The maximum Gasteiger partial charge on any atom is 0.293 e. The highest BCUT2D eigenvalue weighted by Crippen LogP contribution is 2.11. The second-order valence-electron chi connectivity index (χ2n) is 5.16. The van der Waals surface area contributed by atoms with Gasteiger partial charge in [0.2, 0.25) is 5.91 Å². The molecule has 0 bridgehead atoms. The quantitative estimate of drug-likeness (QED) is 0.844. The van der Waals surface area contributed by atoms with E-state index in [4.69, 9.17) is 4.74 Å². The molecule has 0 unspecified atom stereocenters. The van der Waals surface area contributed by atoms with Crippen molar-refractivity contribution in [3.05, 3.63) is 28.7 Å². The van der Waals surface area contributed by atoms with Gasteiger partial charge in [0, 0.05) is 19.3 Å². The Labute approximate surface area is 119 Å². The molecular weight excluding hydrogens is 256 g/mol. The molecule has 1 aliphatic heterocycles. The number of carbonyl (C=O) groups excluding carboxylic acids is 1. The van der Waals surface area contributed by atoms with Gasteiger partial charge >= 0.3 is 0 Å². The Bertz CT molecular complexity index is 502. The van der Waals surface area contributed by atoms with Crippen LogP contribution in [-0.2, 0) is 11.3 Å². The van der Waals surface area contributed by atoms with Crippen molar-refractivity contribution in [2.24, 2.45) is 0 Å². The minimum Gasteiger partial charge on any atom is -0.491 e. The molecule has 1 saturated heterocycles. The van der Waals surface area contributed by atoms with Gasteiger partial charge in [-0.3, -0.25) is 9.59 Å². The van der Waals surface area contributed by atoms with Gasteiger partial charge in [-0.15, -0.1) is 0 Å². The summed E-state index contributed by atoms with van der Waals surface area (Å²) in [6.07, 6.45) is 7.37. The van der Waals surface area contributed by atoms with Gasteiger partial charge in [-0.2, -0.15) is 0 Å². The van der Waals surface area contributed by atoms with E-state index < -0.39 is 0 Å². The third-order valence-electron chi connectivity index (χ3n) is 3.72. The number of nitrogens with zero attached hydrogens (tertiary/aromatic N) is 2. The van der Waals surface area contributed by atoms with Crippen LogP contribution in [0.4, 0.5) is 0 Å². The van der Waals surface area contributed by atoms with E-state index in [0.29, 0.717) is 0 Å². The standard InChI is InChI=1S/C15H22N2O3/c1-20-13-8-7-11-17(15(13)19)12-14(18)16-9-5-3-2-4-6-10-16/h7-8,11H,2-6,9-10,12H2,1H3. The summed E-state index contributed by atoms with van der Waals surface area (Å²) in [6, 6.07) is 3.33. The van der Waals surface area contributed by atoms with Crippen LogP contribution in [0.5, 0.6) is 5.75 Å². The normalized spacial score (nSPS) is 16.4. The molecule has 2 rings (SSSR count). The third-order valence-corrected chi connectivity index (χ3v) is 3.72. The van der Waals surface area contributed by atoms with Crippen LogP contribution in [0.1, 0.15) is 32.1 Å². The van der Waals surface area contributed by atoms with Gasteiger partial charge in [0.25, 0.3) is 5.56 Å². The Morgan fingerprint density at radius 2 is 1.85 bits per heavy atom. The van der Waals surface area contributed by atoms with Crippen LogP contribution in [0.15, 0.2) is 23.1 Å². The fraction of sp³-hybridized carbons (Fsp3) is 0.600. The maximum atomic E-state index is 12.3. The number of carbonyl (C=O) groups is 1. The van der Waals surface area contributed by atoms with Gasteiger partial charge in [0.05, 0.1) is 7.11 Å². The smallest absolute Gasteiger partial charge is 0.293 e. The topological polar surface area (TPSA) is 51.5 Å². The molecule has 1 aromatic rings.